The lowest BCUT2D eigenvalue weighted by Gasteiger charge is -1.94. The molecule has 1 nitrogen and oxygen atoms in total. The van der Waals surface area contributed by atoms with E-state index in [0.717, 1.165) is 6.42 Å². The molecule has 0 saturated carbocycles. The van der Waals surface area contributed by atoms with Gasteiger partial charge in [0, 0.05) is 12.1 Å². The van der Waals surface area contributed by atoms with Gasteiger partial charge < -0.3 is 5.41 Å². The summed E-state index contributed by atoms with van der Waals surface area (Å²) in [6, 6.07) is 0. The zero-order valence-corrected chi connectivity index (χ0v) is 7.86. The topological polar surface area (TPSA) is 23.9 Å². The highest BCUT2D eigenvalue weighted by Crippen LogP contribution is 2.03. The SMILES string of the molecule is CC(=N)C/C=C\C(C)=C(C)C. The zero-order valence-electron chi connectivity index (χ0n) is 7.86. The molecule has 0 bridgehead atoms. The second-order valence-electron chi connectivity index (χ2n) is 3.07. The normalized spacial score (nSPS) is 10.2. The fraction of sp³-hybridized carbons (Fsp3) is 0.500. The summed E-state index contributed by atoms with van der Waals surface area (Å²) in [6.45, 7) is 8.10. The summed E-state index contributed by atoms with van der Waals surface area (Å²) in [4.78, 5) is 0. The van der Waals surface area contributed by atoms with Crippen LogP contribution in [0.25, 0.3) is 0 Å². The maximum Gasteiger partial charge on any atom is 0.00959 e. The molecule has 1 N–H and O–H groups in total. The summed E-state index contributed by atoms with van der Waals surface area (Å²) in [5, 5.41) is 7.18. The van der Waals surface area contributed by atoms with Crippen LogP contribution in [0.5, 0.6) is 0 Å². The molecule has 0 saturated heterocycles. The first-order valence-corrected chi connectivity index (χ1v) is 3.88. The van der Waals surface area contributed by atoms with Crippen LogP contribution in [0.2, 0.25) is 0 Å². The van der Waals surface area contributed by atoms with Crippen LogP contribution in [-0.4, -0.2) is 5.71 Å². The number of nitrogens with one attached hydrogen (secondary N) is 1. The molecule has 11 heavy (non-hydrogen) atoms. The Hall–Kier alpha value is -0.850. The zero-order chi connectivity index (χ0) is 8.85. The van der Waals surface area contributed by atoms with Crippen LogP contribution < -0.4 is 0 Å². The molecule has 0 atom stereocenters. The van der Waals surface area contributed by atoms with Gasteiger partial charge in [-0.2, -0.15) is 0 Å². The molecular formula is C10H17N. The van der Waals surface area contributed by atoms with Crippen LogP contribution in [0.1, 0.15) is 34.1 Å². The minimum Gasteiger partial charge on any atom is -0.310 e. The Morgan fingerprint density at radius 2 is 1.73 bits per heavy atom. The van der Waals surface area contributed by atoms with Crippen molar-refractivity contribution in [3.63, 3.8) is 0 Å². The first kappa shape index (κ1) is 10.2. The molecule has 0 spiro atoms. The molecule has 0 radical (unpaired) electrons. The molecule has 0 amide bonds. The largest absolute Gasteiger partial charge is 0.310 e. The summed E-state index contributed by atoms with van der Waals surface area (Å²) in [5.74, 6) is 0. The van der Waals surface area contributed by atoms with Gasteiger partial charge in [-0.1, -0.05) is 23.3 Å². The lowest BCUT2D eigenvalue weighted by atomic mass is 10.1. The van der Waals surface area contributed by atoms with Crippen LogP contribution in [0.3, 0.4) is 0 Å². The molecule has 0 rings (SSSR count). The molecular weight excluding hydrogens is 134 g/mol. The van der Waals surface area contributed by atoms with E-state index in [1.54, 1.807) is 0 Å². The second-order valence-corrected chi connectivity index (χ2v) is 3.07. The molecule has 0 fully saturated rings. The standard InChI is InChI=1S/C10H17N/c1-8(2)9(3)6-5-7-10(4)11/h5-6,11H,7H2,1-4H3/b6-5-,11-10?. The third-order valence-electron chi connectivity index (χ3n) is 1.58. The van der Waals surface area contributed by atoms with Gasteiger partial charge in [0.25, 0.3) is 0 Å². The molecule has 0 aromatic heterocycles. The van der Waals surface area contributed by atoms with Crippen LogP contribution in [-0.2, 0) is 0 Å². The molecule has 62 valence electrons. The summed E-state index contributed by atoms with van der Waals surface area (Å²) in [6.07, 6.45) is 4.88. The van der Waals surface area contributed by atoms with Gasteiger partial charge in [-0.25, -0.2) is 0 Å². The van der Waals surface area contributed by atoms with E-state index in [2.05, 4.69) is 26.8 Å². The quantitative estimate of drug-likeness (QED) is 0.472. The van der Waals surface area contributed by atoms with E-state index in [1.807, 2.05) is 13.0 Å². The smallest absolute Gasteiger partial charge is 0.00959 e. The first-order chi connectivity index (χ1) is 5.04. The van der Waals surface area contributed by atoms with Gasteiger partial charge in [-0.3, -0.25) is 0 Å². The summed E-state index contributed by atoms with van der Waals surface area (Å²) >= 11 is 0. The van der Waals surface area contributed by atoms with Crippen molar-refractivity contribution in [2.75, 3.05) is 0 Å². The van der Waals surface area contributed by atoms with Crippen molar-refractivity contribution in [2.24, 2.45) is 0 Å². The Kier molecular flexibility index (Phi) is 4.51. The van der Waals surface area contributed by atoms with Gasteiger partial charge in [0.2, 0.25) is 0 Å². The van der Waals surface area contributed by atoms with E-state index in [9.17, 15) is 0 Å². The lowest BCUT2D eigenvalue weighted by molar-refractivity contribution is 1.27. The molecule has 0 aromatic carbocycles. The third kappa shape index (κ3) is 5.59. The highest BCUT2D eigenvalue weighted by molar-refractivity contribution is 5.79. The third-order valence-corrected chi connectivity index (χ3v) is 1.58. The predicted octanol–water partition coefficient (Wildman–Crippen LogP) is 3.33. The van der Waals surface area contributed by atoms with Gasteiger partial charge in [-0.15, -0.1) is 0 Å². The van der Waals surface area contributed by atoms with Crippen molar-refractivity contribution < 1.29 is 0 Å². The molecule has 0 aliphatic heterocycles. The summed E-state index contributed by atoms with van der Waals surface area (Å²) in [5.41, 5.74) is 3.35. The van der Waals surface area contributed by atoms with E-state index in [1.165, 1.54) is 11.1 Å². The number of hydrogen-bond donors (Lipinski definition) is 1. The summed E-state index contributed by atoms with van der Waals surface area (Å²) < 4.78 is 0. The van der Waals surface area contributed by atoms with Gasteiger partial charge in [0.15, 0.2) is 0 Å². The van der Waals surface area contributed by atoms with Gasteiger partial charge in [0.05, 0.1) is 0 Å². The minimum absolute atomic E-state index is 0.711. The lowest BCUT2D eigenvalue weighted by Crippen LogP contribution is -1.83. The van der Waals surface area contributed by atoms with E-state index < -0.39 is 0 Å². The fourth-order valence-corrected chi connectivity index (χ4v) is 0.579. The Bertz CT molecular complexity index is 193. The highest BCUT2D eigenvalue weighted by atomic mass is 14.4. The van der Waals surface area contributed by atoms with Crippen molar-refractivity contribution in [1.82, 2.24) is 0 Å². The van der Waals surface area contributed by atoms with Gasteiger partial charge in [-0.05, 0) is 27.7 Å². The molecule has 0 aliphatic carbocycles. The van der Waals surface area contributed by atoms with Crippen LogP contribution in [0, 0.1) is 5.41 Å². The minimum atomic E-state index is 0.711. The molecule has 0 aromatic rings. The highest BCUT2D eigenvalue weighted by Gasteiger charge is 1.85. The molecule has 0 aliphatic rings. The fourth-order valence-electron chi connectivity index (χ4n) is 0.579. The molecule has 1 heteroatoms. The maximum atomic E-state index is 7.18. The van der Waals surface area contributed by atoms with Crippen LogP contribution in [0.4, 0.5) is 0 Å². The average molecular weight is 151 g/mol. The van der Waals surface area contributed by atoms with E-state index in [4.69, 9.17) is 5.41 Å². The van der Waals surface area contributed by atoms with E-state index in [0.29, 0.717) is 5.71 Å². The van der Waals surface area contributed by atoms with Crippen molar-refractivity contribution in [3.05, 3.63) is 23.3 Å². The summed E-state index contributed by atoms with van der Waals surface area (Å²) in [7, 11) is 0. The monoisotopic (exact) mass is 151 g/mol. The van der Waals surface area contributed by atoms with Crippen molar-refractivity contribution in [1.29, 1.82) is 5.41 Å². The average Bonchev–Trinajstić information content (AvgIpc) is 1.86. The Balaban J connectivity index is 3.95. The number of hydrogen-bond acceptors (Lipinski definition) is 1. The van der Waals surface area contributed by atoms with Crippen molar-refractivity contribution in [2.45, 2.75) is 34.1 Å². The van der Waals surface area contributed by atoms with Gasteiger partial charge >= 0.3 is 0 Å². The number of rotatable bonds is 3. The Morgan fingerprint density at radius 1 is 1.18 bits per heavy atom. The van der Waals surface area contributed by atoms with E-state index >= 15 is 0 Å². The predicted molar refractivity (Wildman–Crippen MR) is 51.2 cm³/mol. The second kappa shape index (κ2) is 4.89. The Labute approximate surface area is 69.3 Å². The van der Waals surface area contributed by atoms with Crippen molar-refractivity contribution in [3.8, 4) is 0 Å². The maximum absolute atomic E-state index is 7.18. The van der Waals surface area contributed by atoms with E-state index in [-0.39, 0.29) is 0 Å². The number of allylic oxidation sites excluding steroid dienone is 4. The van der Waals surface area contributed by atoms with Crippen molar-refractivity contribution >= 4 is 5.71 Å². The molecule has 0 unspecified atom stereocenters. The van der Waals surface area contributed by atoms with Gasteiger partial charge in [0.1, 0.15) is 0 Å². The first-order valence-electron chi connectivity index (χ1n) is 3.88. The Morgan fingerprint density at radius 3 is 2.09 bits per heavy atom. The van der Waals surface area contributed by atoms with Crippen LogP contribution in [0.15, 0.2) is 23.3 Å². The van der Waals surface area contributed by atoms with Crippen LogP contribution >= 0.6 is 0 Å². The molecule has 0 heterocycles.